The first-order chi connectivity index (χ1) is 9.86. The normalized spacial score (nSPS) is 27.4. The van der Waals surface area contributed by atoms with Crippen LogP contribution in [0.4, 0.5) is 4.79 Å². The van der Waals surface area contributed by atoms with Crippen molar-refractivity contribution in [1.29, 1.82) is 0 Å². The Balaban J connectivity index is 1.77. The number of nitrogens with zero attached hydrogens (tertiary/aromatic N) is 1. The Labute approximate surface area is 126 Å². The molecule has 2 aliphatic rings. The highest BCUT2D eigenvalue weighted by molar-refractivity contribution is 5.70. The average Bonchev–Trinajstić information content (AvgIpc) is 2.99. The summed E-state index contributed by atoms with van der Waals surface area (Å²) in [5, 5.41) is 0. The molecule has 1 saturated heterocycles. The Morgan fingerprint density at radius 1 is 1.43 bits per heavy atom. The highest BCUT2D eigenvalue weighted by atomic mass is 16.6. The number of benzene rings is 1. The maximum absolute atomic E-state index is 12.2. The number of amides is 1. The summed E-state index contributed by atoms with van der Waals surface area (Å²) < 4.78 is 5.49. The largest absolute Gasteiger partial charge is 0.444 e. The zero-order valence-electron chi connectivity index (χ0n) is 13.1. The summed E-state index contributed by atoms with van der Waals surface area (Å²) in [7, 11) is 0. The van der Waals surface area contributed by atoms with Crippen LogP contribution in [0.15, 0.2) is 24.3 Å². The number of hydrogen-bond acceptors (Lipinski definition) is 3. The summed E-state index contributed by atoms with van der Waals surface area (Å²) in [5.74, 6) is 0.553. The molecule has 2 unspecified atom stereocenters. The number of hydrogen-bond donors (Lipinski definition) is 1. The van der Waals surface area contributed by atoms with Crippen molar-refractivity contribution < 1.29 is 9.53 Å². The van der Waals surface area contributed by atoms with Crippen molar-refractivity contribution in [1.82, 2.24) is 4.90 Å². The van der Waals surface area contributed by atoms with E-state index in [4.69, 9.17) is 10.5 Å². The van der Waals surface area contributed by atoms with Gasteiger partial charge in [0.1, 0.15) is 5.60 Å². The molecule has 1 aliphatic carbocycles. The lowest BCUT2D eigenvalue weighted by atomic mass is 9.90. The molecule has 1 aromatic carbocycles. The van der Waals surface area contributed by atoms with E-state index in [1.165, 1.54) is 11.1 Å². The molecule has 0 aromatic heterocycles. The zero-order chi connectivity index (χ0) is 15.3. The second-order valence-corrected chi connectivity index (χ2v) is 7.28. The highest BCUT2D eigenvalue weighted by Gasteiger charge is 2.62. The lowest BCUT2D eigenvalue weighted by Gasteiger charge is -2.26. The molecule has 1 aromatic rings. The first-order valence-corrected chi connectivity index (χ1v) is 7.62. The van der Waals surface area contributed by atoms with Gasteiger partial charge in [-0.3, -0.25) is 0 Å². The van der Waals surface area contributed by atoms with Gasteiger partial charge in [-0.15, -0.1) is 0 Å². The molecule has 2 fully saturated rings. The SMILES string of the molecule is CC(C)(C)OC(=O)N1CC2CC2(c2ccccc2CN)C1. The summed E-state index contributed by atoms with van der Waals surface area (Å²) >= 11 is 0. The van der Waals surface area contributed by atoms with Gasteiger partial charge in [-0.1, -0.05) is 24.3 Å². The Morgan fingerprint density at radius 3 is 2.81 bits per heavy atom. The van der Waals surface area contributed by atoms with E-state index in [0.29, 0.717) is 12.5 Å². The monoisotopic (exact) mass is 288 g/mol. The van der Waals surface area contributed by atoms with E-state index in [-0.39, 0.29) is 11.5 Å². The van der Waals surface area contributed by atoms with Crippen LogP contribution in [0.2, 0.25) is 0 Å². The van der Waals surface area contributed by atoms with Gasteiger partial charge >= 0.3 is 6.09 Å². The molecule has 1 amide bonds. The van der Waals surface area contributed by atoms with Crippen molar-refractivity contribution in [3.63, 3.8) is 0 Å². The van der Waals surface area contributed by atoms with Crippen molar-refractivity contribution in [2.24, 2.45) is 11.7 Å². The Bertz CT molecular complexity index is 564. The Kier molecular flexibility index (Phi) is 3.24. The predicted octanol–water partition coefficient (Wildman–Crippen LogP) is 2.65. The number of piperidine rings is 1. The van der Waals surface area contributed by atoms with Crippen LogP contribution in [0.25, 0.3) is 0 Å². The van der Waals surface area contributed by atoms with Gasteiger partial charge in [-0.25, -0.2) is 4.79 Å². The van der Waals surface area contributed by atoms with Crippen molar-refractivity contribution in [2.45, 2.75) is 44.8 Å². The zero-order valence-corrected chi connectivity index (χ0v) is 13.1. The standard InChI is InChI=1S/C17H24N2O2/c1-16(2,3)21-15(20)19-10-13-8-17(13,11-19)14-7-5-4-6-12(14)9-18/h4-7,13H,8-11,18H2,1-3H3. The molecular weight excluding hydrogens is 264 g/mol. The molecule has 4 nitrogen and oxygen atoms in total. The molecule has 114 valence electrons. The molecule has 1 heterocycles. The average molecular weight is 288 g/mol. The van der Waals surface area contributed by atoms with Crippen molar-refractivity contribution in [3.05, 3.63) is 35.4 Å². The Morgan fingerprint density at radius 2 is 2.14 bits per heavy atom. The van der Waals surface area contributed by atoms with Gasteiger partial charge < -0.3 is 15.4 Å². The van der Waals surface area contributed by atoms with Crippen molar-refractivity contribution >= 4 is 6.09 Å². The first kappa shape index (κ1) is 14.4. The van der Waals surface area contributed by atoms with Gasteiger partial charge in [-0.2, -0.15) is 0 Å². The topological polar surface area (TPSA) is 55.6 Å². The van der Waals surface area contributed by atoms with Crippen LogP contribution in [0.1, 0.15) is 38.3 Å². The van der Waals surface area contributed by atoms with Crippen molar-refractivity contribution in [3.8, 4) is 0 Å². The van der Waals surface area contributed by atoms with Gasteiger partial charge in [0.2, 0.25) is 0 Å². The smallest absolute Gasteiger partial charge is 0.410 e. The summed E-state index contributed by atoms with van der Waals surface area (Å²) in [6.45, 7) is 7.82. The summed E-state index contributed by atoms with van der Waals surface area (Å²) in [6, 6.07) is 8.35. The number of nitrogens with two attached hydrogens (primary N) is 1. The molecule has 0 radical (unpaired) electrons. The number of likely N-dealkylation sites (tertiary alicyclic amines) is 1. The van der Waals surface area contributed by atoms with Crippen LogP contribution in [0, 0.1) is 5.92 Å². The minimum atomic E-state index is -0.438. The van der Waals surface area contributed by atoms with E-state index in [1.54, 1.807) is 0 Å². The fourth-order valence-corrected chi connectivity index (χ4v) is 3.55. The molecule has 21 heavy (non-hydrogen) atoms. The van der Waals surface area contributed by atoms with Gasteiger partial charge in [0, 0.05) is 25.0 Å². The molecule has 2 atom stereocenters. The molecule has 2 N–H and O–H groups in total. The summed E-state index contributed by atoms with van der Waals surface area (Å²) in [6.07, 6.45) is 0.961. The van der Waals surface area contributed by atoms with E-state index in [0.717, 1.165) is 19.5 Å². The van der Waals surface area contributed by atoms with Crippen LogP contribution >= 0.6 is 0 Å². The second-order valence-electron chi connectivity index (χ2n) is 7.28. The predicted molar refractivity (Wildman–Crippen MR) is 81.9 cm³/mol. The lowest BCUT2D eigenvalue weighted by Crippen LogP contribution is -2.37. The van der Waals surface area contributed by atoms with Crippen LogP contribution in [0.3, 0.4) is 0 Å². The van der Waals surface area contributed by atoms with E-state index in [1.807, 2.05) is 31.7 Å². The van der Waals surface area contributed by atoms with Gasteiger partial charge in [0.05, 0.1) is 0 Å². The van der Waals surface area contributed by atoms with Crippen molar-refractivity contribution in [2.75, 3.05) is 13.1 Å². The Hall–Kier alpha value is -1.55. The van der Waals surface area contributed by atoms with Crippen LogP contribution in [0.5, 0.6) is 0 Å². The van der Waals surface area contributed by atoms with Crippen LogP contribution in [-0.2, 0) is 16.7 Å². The lowest BCUT2D eigenvalue weighted by molar-refractivity contribution is 0.0270. The third kappa shape index (κ3) is 2.53. The van der Waals surface area contributed by atoms with E-state index in [2.05, 4.69) is 18.2 Å². The van der Waals surface area contributed by atoms with Crippen LogP contribution < -0.4 is 5.73 Å². The number of carbonyl (C=O) groups is 1. The van der Waals surface area contributed by atoms with Gasteiger partial charge in [0.15, 0.2) is 0 Å². The number of fused-ring (bicyclic) bond motifs is 1. The van der Waals surface area contributed by atoms with E-state index < -0.39 is 5.60 Å². The van der Waals surface area contributed by atoms with E-state index >= 15 is 0 Å². The minimum absolute atomic E-state index is 0.118. The van der Waals surface area contributed by atoms with Gasteiger partial charge in [0.25, 0.3) is 0 Å². The number of ether oxygens (including phenoxy) is 1. The molecule has 1 saturated carbocycles. The fourth-order valence-electron chi connectivity index (χ4n) is 3.55. The van der Waals surface area contributed by atoms with Crippen LogP contribution in [-0.4, -0.2) is 29.7 Å². The third-order valence-electron chi connectivity index (χ3n) is 4.57. The second kappa shape index (κ2) is 4.73. The molecular formula is C17H24N2O2. The number of rotatable bonds is 2. The minimum Gasteiger partial charge on any atom is -0.444 e. The maximum Gasteiger partial charge on any atom is 0.410 e. The van der Waals surface area contributed by atoms with E-state index in [9.17, 15) is 4.79 Å². The first-order valence-electron chi connectivity index (χ1n) is 7.62. The fraction of sp³-hybridized carbons (Fsp3) is 0.588. The quantitative estimate of drug-likeness (QED) is 0.910. The third-order valence-corrected chi connectivity index (χ3v) is 4.57. The highest BCUT2D eigenvalue weighted by Crippen LogP contribution is 2.59. The summed E-state index contributed by atoms with van der Waals surface area (Å²) in [4.78, 5) is 14.1. The van der Waals surface area contributed by atoms with Gasteiger partial charge in [-0.05, 0) is 44.2 Å². The summed E-state index contributed by atoms with van der Waals surface area (Å²) in [5.41, 5.74) is 8.07. The maximum atomic E-state index is 12.2. The number of carbonyl (C=O) groups excluding carboxylic acids is 1. The molecule has 1 aliphatic heterocycles. The molecule has 0 spiro atoms. The molecule has 0 bridgehead atoms. The molecule has 4 heteroatoms. The molecule has 3 rings (SSSR count).